The van der Waals surface area contributed by atoms with E-state index < -0.39 is 25.5 Å². The summed E-state index contributed by atoms with van der Waals surface area (Å²) in [6.07, 6.45) is 7.34. The Morgan fingerprint density at radius 2 is 1.41 bits per heavy atom. The van der Waals surface area contributed by atoms with Gasteiger partial charge in [0.2, 0.25) is 0 Å². The molecule has 4 nitrogen and oxygen atoms in total. The van der Waals surface area contributed by atoms with E-state index in [2.05, 4.69) is 20.1 Å². The Morgan fingerprint density at radius 1 is 1.00 bits per heavy atom. The zero-order valence-electron chi connectivity index (χ0n) is 14.2. The second kappa shape index (κ2) is 6.81. The predicted octanol–water partition coefficient (Wildman–Crippen LogP) is 4.41. The quantitative estimate of drug-likeness (QED) is 0.555. The van der Waals surface area contributed by atoms with Gasteiger partial charge in [0.05, 0.1) is 0 Å². The van der Waals surface area contributed by atoms with Crippen LogP contribution in [-0.2, 0) is 18.4 Å². The van der Waals surface area contributed by atoms with Gasteiger partial charge in [0.1, 0.15) is 0 Å². The van der Waals surface area contributed by atoms with Gasteiger partial charge in [-0.2, -0.15) is 0 Å². The van der Waals surface area contributed by atoms with Crippen LogP contribution in [0.4, 0.5) is 0 Å². The average Bonchev–Trinajstić information content (AvgIpc) is 2.45. The monoisotopic (exact) mass is 324 g/mol. The molecule has 0 aromatic rings. The Bertz CT molecular complexity index is 434. The summed E-state index contributed by atoms with van der Waals surface area (Å²) in [4.78, 5) is 24.0. The van der Waals surface area contributed by atoms with Crippen molar-refractivity contribution in [2.75, 3.05) is 0 Å². The van der Waals surface area contributed by atoms with Crippen molar-refractivity contribution in [2.24, 2.45) is 0 Å². The fourth-order valence-corrected chi connectivity index (χ4v) is 8.21. The number of carbonyl (C=O) groups excluding carboxylic acids is 2. The van der Waals surface area contributed by atoms with E-state index in [1.165, 1.54) is 0 Å². The van der Waals surface area contributed by atoms with Crippen LogP contribution in [0.5, 0.6) is 0 Å². The van der Waals surface area contributed by atoms with Crippen LogP contribution in [0.3, 0.4) is 0 Å². The molecule has 1 aliphatic rings. The van der Waals surface area contributed by atoms with E-state index >= 15 is 0 Å². The Hall–Kier alpha value is -1.36. The van der Waals surface area contributed by atoms with Gasteiger partial charge in [-0.05, 0) is 12.8 Å². The summed E-state index contributed by atoms with van der Waals surface area (Å²) in [5.41, 5.74) is 0. The molecule has 0 amide bonds. The number of hydrogen-bond donors (Lipinski definition) is 0. The molecular weight excluding hydrogens is 296 g/mol. The molecule has 1 aliphatic carbocycles. The van der Waals surface area contributed by atoms with Crippen molar-refractivity contribution in [1.82, 2.24) is 0 Å². The third-order valence-corrected chi connectivity index (χ3v) is 9.60. The minimum absolute atomic E-state index is 0.305. The molecule has 5 heteroatoms. The summed E-state index contributed by atoms with van der Waals surface area (Å²) in [6.45, 7) is 15.0. The number of rotatable bonds is 5. The van der Waals surface area contributed by atoms with Crippen LogP contribution in [0.25, 0.3) is 0 Å². The molecule has 0 aromatic carbocycles. The molecule has 0 atom stereocenters. The van der Waals surface area contributed by atoms with Crippen LogP contribution >= 0.6 is 0 Å². The normalized spacial score (nSPS) is 18.2. The second-order valence-electron chi connectivity index (χ2n) is 7.24. The lowest BCUT2D eigenvalue weighted by atomic mass is 9.90. The molecule has 0 saturated heterocycles. The first-order valence-corrected chi connectivity index (χ1v) is 9.64. The van der Waals surface area contributed by atoms with Gasteiger partial charge in [-0.1, -0.05) is 60.1 Å². The topological polar surface area (TPSA) is 52.6 Å². The third-order valence-electron chi connectivity index (χ3n) is 4.56. The predicted molar refractivity (Wildman–Crippen MR) is 89.5 cm³/mol. The first kappa shape index (κ1) is 18.7. The Morgan fingerprint density at radius 3 is 1.73 bits per heavy atom. The molecule has 1 rings (SSSR count). The van der Waals surface area contributed by atoms with Crippen LogP contribution in [0, 0.1) is 0 Å². The zero-order chi connectivity index (χ0) is 17.0. The lowest BCUT2D eigenvalue weighted by molar-refractivity contribution is -0.137. The fraction of sp³-hybridized carbons (Fsp3) is 0.647. The van der Waals surface area contributed by atoms with Gasteiger partial charge in [-0.15, -0.1) is 0 Å². The zero-order valence-corrected chi connectivity index (χ0v) is 15.2. The first-order chi connectivity index (χ1) is 10.1. The van der Waals surface area contributed by atoms with Gasteiger partial charge in [0, 0.05) is 22.2 Å². The Kier molecular flexibility index (Phi) is 5.79. The summed E-state index contributed by atoms with van der Waals surface area (Å²) < 4.78 is 11.7. The minimum atomic E-state index is -3.23. The SMILES string of the molecule is C=CC(=O)O[Si](OC(=O)C=C)(C(C)(C)C)C1(C)CCCCC1. The van der Waals surface area contributed by atoms with E-state index in [0.717, 1.165) is 44.3 Å². The highest BCUT2D eigenvalue weighted by molar-refractivity contribution is 6.76. The average molecular weight is 324 g/mol. The van der Waals surface area contributed by atoms with Gasteiger partial charge in [-0.3, -0.25) is 0 Å². The summed E-state index contributed by atoms with van der Waals surface area (Å²) in [5.74, 6) is -1.05. The molecule has 1 saturated carbocycles. The lowest BCUT2D eigenvalue weighted by Crippen LogP contribution is -2.61. The van der Waals surface area contributed by atoms with Crippen LogP contribution < -0.4 is 0 Å². The summed E-state index contributed by atoms with van der Waals surface area (Å²) in [6, 6.07) is 0. The molecule has 124 valence electrons. The highest BCUT2D eigenvalue weighted by Crippen LogP contribution is 2.59. The summed E-state index contributed by atoms with van der Waals surface area (Å²) in [7, 11) is -3.23. The highest BCUT2D eigenvalue weighted by atomic mass is 28.4. The standard InChI is InChI=1S/C17H28O4Si/c1-7-14(18)20-22(16(3,4)5,21-15(19)8-2)17(6)12-10-9-11-13-17/h7-8H,1-2,9-13H2,3-6H3. The highest BCUT2D eigenvalue weighted by Gasteiger charge is 2.67. The molecule has 0 N–H and O–H groups in total. The molecule has 1 fully saturated rings. The van der Waals surface area contributed by atoms with Crippen LogP contribution in [0.2, 0.25) is 10.1 Å². The van der Waals surface area contributed by atoms with Crippen molar-refractivity contribution in [3.8, 4) is 0 Å². The van der Waals surface area contributed by atoms with Gasteiger partial charge < -0.3 is 8.85 Å². The molecule has 0 spiro atoms. The van der Waals surface area contributed by atoms with Crippen molar-refractivity contribution >= 4 is 20.5 Å². The molecular formula is C17H28O4Si. The molecule has 0 bridgehead atoms. The van der Waals surface area contributed by atoms with Crippen molar-refractivity contribution in [3.05, 3.63) is 25.3 Å². The number of hydrogen-bond acceptors (Lipinski definition) is 4. The first-order valence-electron chi connectivity index (χ1n) is 7.83. The number of carbonyl (C=O) groups is 2. The van der Waals surface area contributed by atoms with Crippen molar-refractivity contribution < 1.29 is 18.4 Å². The van der Waals surface area contributed by atoms with Crippen molar-refractivity contribution in [3.63, 3.8) is 0 Å². The summed E-state index contributed by atoms with van der Waals surface area (Å²) in [5, 5.41) is -0.753. The van der Waals surface area contributed by atoms with Gasteiger partial charge in [-0.25, -0.2) is 9.59 Å². The van der Waals surface area contributed by atoms with Gasteiger partial charge in [0.15, 0.2) is 0 Å². The second-order valence-corrected chi connectivity index (χ2v) is 11.6. The maximum Gasteiger partial charge on any atom is 0.476 e. The van der Waals surface area contributed by atoms with Gasteiger partial charge in [0.25, 0.3) is 0 Å². The van der Waals surface area contributed by atoms with E-state index in [9.17, 15) is 9.59 Å². The lowest BCUT2D eigenvalue weighted by Gasteiger charge is -2.51. The Balaban J connectivity index is 3.41. The summed E-state index contributed by atoms with van der Waals surface area (Å²) >= 11 is 0. The minimum Gasteiger partial charge on any atom is -0.481 e. The largest absolute Gasteiger partial charge is 0.481 e. The van der Waals surface area contributed by atoms with Crippen LogP contribution in [-0.4, -0.2) is 20.5 Å². The van der Waals surface area contributed by atoms with E-state index in [0.29, 0.717) is 0 Å². The smallest absolute Gasteiger partial charge is 0.476 e. The van der Waals surface area contributed by atoms with E-state index in [1.54, 1.807) is 0 Å². The molecule has 22 heavy (non-hydrogen) atoms. The van der Waals surface area contributed by atoms with Crippen molar-refractivity contribution in [1.29, 1.82) is 0 Å². The van der Waals surface area contributed by atoms with E-state index in [-0.39, 0.29) is 5.04 Å². The molecule has 0 unspecified atom stereocenters. The van der Waals surface area contributed by atoms with Crippen molar-refractivity contribution in [2.45, 2.75) is 69.9 Å². The molecule has 0 aliphatic heterocycles. The third kappa shape index (κ3) is 3.51. The Labute approximate surface area is 134 Å². The molecule has 0 radical (unpaired) electrons. The van der Waals surface area contributed by atoms with E-state index in [4.69, 9.17) is 8.85 Å². The van der Waals surface area contributed by atoms with Crippen LogP contribution in [0.15, 0.2) is 25.3 Å². The maximum absolute atomic E-state index is 12.0. The maximum atomic E-state index is 12.0. The van der Waals surface area contributed by atoms with Crippen LogP contribution in [0.1, 0.15) is 59.8 Å². The molecule has 0 heterocycles. The fourth-order valence-electron chi connectivity index (χ4n) is 3.51. The van der Waals surface area contributed by atoms with Gasteiger partial charge >= 0.3 is 20.5 Å². The molecule has 0 aromatic heterocycles. The van der Waals surface area contributed by atoms with E-state index in [1.807, 2.05) is 20.8 Å².